The minimum atomic E-state index is 0.0434. The van der Waals surface area contributed by atoms with Crippen molar-refractivity contribution >= 4 is 22.6 Å². The van der Waals surface area contributed by atoms with Crippen LogP contribution >= 0.6 is 22.6 Å². The number of halogens is 1. The second-order valence-electron chi connectivity index (χ2n) is 5.64. The van der Waals surface area contributed by atoms with Crippen LogP contribution in [-0.2, 0) is 6.42 Å². The summed E-state index contributed by atoms with van der Waals surface area (Å²) in [5.41, 5.74) is 1.02. The smallest absolute Gasteiger partial charge is 0.264 e. The molecule has 1 N–H and O–H groups in total. The highest BCUT2D eigenvalue weighted by atomic mass is 127. The van der Waals surface area contributed by atoms with Crippen LogP contribution in [0.25, 0.3) is 0 Å². The van der Waals surface area contributed by atoms with Gasteiger partial charge in [0.2, 0.25) is 0 Å². The largest absolute Gasteiger partial charge is 0.309 e. The first-order valence-electron chi connectivity index (χ1n) is 6.86. The van der Waals surface area contributed by atoms with E-state index < -0.39 is 0 Å². The summed E-state index contributed by atoms with van der Waals surface area (Å²) in [6.45, 7) is 4.33. The first kappa shape index (κ1) is 14.0. The van der Waals surface area contributed by atoms with Gasteiger partial charge in [-0.3, -0.25) is 4.79 Å². The lowest BCUT2D eigenvalue weighted by atomic mass is 9.88. The van der Waals surface area contributed by atoms with Crippen molar-refractivity contribution in [1.29, 1.82) is 0 Å². The summed E-state index contributed by atoms with van der Waals surface area (Å²) in [6.07, 6.45) is 7.08. The molecule has 0 amide bonds. The number of rotatable bonds is 3. The third kappa shape index (κ3) is 3.33. The second-order valence-corrected chi connectivity index (χ2v) is 6.72. The first-order valence-corrected chi connectivity index (χ1v) is 7.94. The molecule has 1 aromatic rings. The zero-order valence-corrected chi connectivity index (χ0v) is 13.3. The summed E-state index contributed by atoms with van der Waals surface area (Å²) in [5, 5.41) is 0. The third-order valence-corrected chi connectivity index (χ3v) is 4.66. The van der Waals surface area contributed by atoms with Crippen LogP contribution in [0.4, 0.5) is 0 Å². The predicted molar refractivity (Wildman–Crippen MR) is 81.9 cm³/mol. The maximum Gasteiger partial charge on any atom is 0.264 e. The average Bonchev–Trinajstić information content (AvgIpc) is 2.35. The van der Waals surface area contributed by atoms with Gasteiger partial charge in [-0.15, -0.1) is 0 Å². The van der Waals surface area contributed by atoms with Crippen molar-refractivity contribution in [1.82, 2.24) is 9.97 Å². The molecular formula is C14H21IN2O. The molecule has 0 aromatic carbocycles. The van der Waals surface area contributed by atoms with Gasteiger partial charge in [-0.1, -0.05) is 33.1 Å². The molecule has 1 aliphatic carbocycles. The van der Waals surface area contributed by atoms with E-state index in [1.165, 1.54) is 32.1 Å². The Balaban J connectivity index is 2.30. The number of aromatic amines is 1. The Morgan fingerprint density at radius 3 is 2.61 bits per heavy atom. The summed E-state index contributed by atoms with van der Waals surface area (Å²) in [4.78, 5) is 19.7. The Labute approximate surface area is 122 Å². The Hall–Kier alpha value is -0.390. The fourth-order valence-electron chi connectivity index (χ4n) is 2.62. The van der Waals surface area contributed by atoms with Crippen LogP contribution in [0.15, 0.2) is 4.79 Å². The maximum atomic E-state index is 12.0. The number of nitrogens with zero attached hydrogens (tertiary/aromatic N) is 1. The van der Waals surface area contributed by atoms with Gasteiger partial charge in [-0.2, -0.15) is 0 Å². The molecule has 0 spiro atoms. The number of aromatic nitrogens is 2. The average molecular weight is 360 g/mol. The molecule has 3 nitrogen and oxygen atoms in total. The van der Waals surface area contributed by atoms with Gasteiger partial charge >= 0.3 is 0 Å². The zero-order valence-electron chi connectivity index (χ0n) is 11.1. The third-order valence-electron chi connectivity index (χ3n) is 3.54. The van der Waals surface area contributed by atoms with Gasteiger partial charge in [0.25, 0.3) is 5.56 Å². The first-order chi connectivity index (χ1) is 8.58. The van der Waals surface area contributed by atoms with E-state index >= 15 is 0 Å². The van der Waals surface area contributed by atoms with Crippen molar-refractivity contribution in [2.45, 2.75) is 58.3 Å². The molecule has 1 aliphatic rings. The van der Waals surface area contributed by atoms with Gasteiger partial charge in [-0.25, -0.2) is 4.98 Å². The van der Waals surface area contributed by atoms with E-state index in [1.807, 2.05) is 0 Å². The standard InChI is InChI=1S/C14H21IN2O/c1-9(2)8-11-12(15)14(18)17-13(16-11)10-6-4-3-5-7-10/h9-10H,3-8H2,1-2H3,(H,16,17,18). The topological polar surface area (TPSA) is 45.8 Å². The fraction of sp³-hybridized carbons (Fsp3) is 0.714. The van der Waals surface area contributed by atoms with Crippen molar-refractivity contribution in [2.75, 3.05) is 0 Å². The lowest BCUT2D eigenvalue weighted by molar-refractivity contribution is 0.426. The Morgan fingerprint density at radius 1 is 1.33 bits per heavy atom. The monoisotopic (exact) mass is 360 g/mol. The number of hydrogen-bond acceptors (Lipinski definition) is 2. The lowest BCUT2D eigenvalue weighted by Crippen LogP contribution is -2.22. The van der Waals surface area contributed by atoms with Crippen LogP contribution in [0.1, 0.15) is 63.4 Å². The van der Waals surface area contributed by atoms with Crippen LogP contribution in [0.2, 0.25) is 0 Å². The van der Waals surface area contributed by atoms with E-state index in [2.05, 4.69) is 41.4 Å². The molecule has 100 valence electrons. The Bertz CT molecular complexity index is 461. The molecule has 4 heteroatoms. The molecule has 1 fully saturated rings. The summed E-state index contributed by atoms with van der Waals surface area (Å²) < 4.78 is 0.765. The maximum absolute atomic E-state index is 12.0. The van der Waals surface area contributed by atoms with E-state index in [1.54, 1.807) is 0 Å². The Morgan fingerprint density at radius 2 is 2.00 bits per heavy atom. The second kappa shape index (κ2) is 6.17. The highest BCUT2D eigenvalue weighted by molar-refractivity contribution is 14.1. The highest BCUT2D eigenvalue weighted by Gasteiger charge is 2.20. The van der Waals surface area contributed by atoms with Gasteiger partial charge in [0.15, 0.2) is 0 Å². The van der Waals surface area contributed by atoms with Crippen LogP contribution in [0.5, 0.6) is 0 Å². The minimum Gasteiger partial charge on any atom is -0.309 e. The van der Waals surface area contributed by atoms with Gasteiger partial charge in [-0.05, 0) is 47.8 Å². The fourth-order valence-corrected chi connectivity index (χ4v) is 3.09. The van der Waals surface area contributed by atoms with E-state index in [0.29, 0.717) is 11.8 Å². The SMILES string of the molecule is CC(C)Cc1nc(C2CCCCC2)[nH]c(=O)c1I. The Kier molecular flexibility index (Phi) is 4.81. The molecule has 2 rings (SSSR count). The van der Waals surface area contributed by atoms with Crippen molar-refractivity contribution in [3.8, 4) is 0 Å². The molecule has 1 heterocycles. The minimum absolute atomic E-state index is 0.0434. The molecule has 0 bridgehead atoms. The van der Waals surface area contributed by atoms with Crippen molar-refractivity contribution < 1.29 is 0 Å². The van der Waals surface area contributed by atoms with Crippen molar-refractivity contribution in [3.63, 3.8) is 0 Å². The zero-order chi connectivity index (χ0) is 13.1. The van der Waals surface area contributed by atoms with Gasteiger partial charge in [0.1, 0.15) is 5.82 Å². The molecule has 18 heavy (non-hydrogen) atoms. The molecule has 0 radical (unpaired) electrons. The quantitative estimate of drug-likeness (QED) is 0.837. The summed E-state index contributed by atoms with van der Waals surface area (Å²) >= 11 is 2.12. The summed E-state index contributed by atoms with van der Waals surface area (Å²) in [5.74, 6) is 1.93. The predicted octanol–water partition coefficient (Wildman–Crippen LogP) is 3.62. The molecular weight excluding hydrogens is 339 g/mol. The number of nitrogens with one attached hydrogen (secondary N) is 1. The molecule has 0 atom stereocenters. The molecule has 1 aromatic heterocycles. The van der Waals surface area contributed by atoms with E-state index in [-0.39, 0.29) is 5.56 Å². The molecule has 0 unspecified atom stereocenters. The van der Waals surface area contributed by atoms with Gasteiger partial charge in [0.05, 0.1) is 9.26 Å². The highest BCUT2D eigenvalue weighted by Crippen LogP contribution is 2.30. The summed E-state index contributed by atoms with van der Waals surface area (Å²) in [7, 11) is 0. The van der Waals surface area contributed by atoms with E-state index in [0.717, 1.165) is 21.5 Å². The number of hydrogen-bond donors (Lipinski definition) is 1. The van der Waals surface area contributed by atoms with Crippen LogP contribution < -0.4 is 5.56 Å². The van der Waals surface area contributed by atoms with Crippen LogP contribution in [-0.4, -0.2) is 9.97 Å². The lowest BCUT2D eigenvalue weighted by Gasteiger charge is -2.21. The van der Waals surface area contributed by atoms with Gasteiger partial charge < -0.3 is 4.98 Å². The summed E-state index contributed by atoms with van der Waals surface area (Å²) in [6, 6.07) is 0. The number of H-pyrrole nitrogens is 1. The molecule has 0 saturated heterocycles. The van der Waals surface area contributed by atoms with E-state index in [4.69, 9.17) is 4.98 Å². The van der Waals surface area contributed by atoms with Gasteiger partial charge in [0, 0.05) is 5.92 Å². The van der Waals surface area contributed by atoms with Crippen molar-refractivity contribution in [2.24, 2.45) is 5.92 Å². The normalized spacial score (nSPS) is 17.3. The molecule has 0 aliphatic heterocycles. The molecule has 1 saturated carbocycles. The van der Waals surface area contributed by atoms with Crippen LogP contribution in [0.3, 0.4) is 0 Å². The van der Waals surface area contributed by atoms with E-state index in [9.17, 15) is 4.79 Å². The van der Waals surface area contributed by atoms with Crippen LogP contribution in [0, 0.1) is 9.49 Å². The van der Waals surface area contributed by atoms with Crippen molar-refractivity contribution in [3.05, 3.63) is 25.4 Å².